The molecule has 2 N–H and O–H groups in total. The van der Waals surface area contributed by atoms with Crippen LogP contribution in [0, 0.1) is 6.92 Å². The average Bonchev–Trinajstić information content (AvgIpc) is 2.84. The third-order valence-electron chi connectivity index (χ3n) is 5.17. The van der Waals surface area contributed by atoms with Crippen LogP contribution in [-0.2, 0) is 26.0 Å². The third kappa shape index (κ3) is 6.99. The maximum Gasteiger partial charge on any atom is 0.326 e. The Hall–Kier alpha value is -3.56. The van der Waals surface area contributed by atoms with Gasteiger partial charge >= 0.3 is 5.97 Å². The first-order valence-electron chi connectivity index (χ1n) is 11.2. The predicted octanol–water partition coefficient (Wildman–Crippen LogP) is 4.32. The molecule has 0 spiro atoms. The van der Waals surface area contributed by atoms with Crippen LogP contribution in [-0.4, -0.2) is 40.4 Å². The summed E-state index contributed by atoms with van der Waals surface area (Å²) in [5, 5.41) is 3.56. The van der Waals surface area contributed by atoms with Crippen molar-refractivity contribution in [2.75, 3.05) is 24.1 Å². The fraction of sp³-hybridized carbons (Fsp3) is 0.231. The highest BCUT2D eigenvalue weighted by molar-refractivity contribution is 7.93. The number of anilines is 1. The summed E-state index contributed by atoms with van der Waals surface area (Å²) < 4.78 is 39.1. The average molecular weight is 530 g/mol. The van der Waals surface area contributed by atoms with E-state index >= 15 is 0 Å². The Bertz CT molecular complexity index is 1330. The van der Waals surface area contributed by atoms with Crippen molar-refractivity contribution in [1.29, 1.82) is 0 Å². The molecule has 0 aliphatic rings. The second-order valence-corrected chi connectivity index (χ2v) is 10.1. The van der Waals surface area contributed by atoms with Gasteiger partial charge in [-0.2, -0.15) is 5.10 Å². The first kappa shape index (κ1) is 27.0. The molecule has 0 atom stereocenters. The molecule has 0 saturated heterocycles. The van der Waals surface area contributed by atoms with Crippen LogP contribution in [0.1, 0.15) is 23.6 Å². The Morgan fingerprint density at radius 3 is 2.50 bits per heavy atom. The van der Waals surface area contributed by atoms with E-state index in [0.29, 0.717) is 18.8 Å². The lowest BCUT2D eigenvalue weighted by Crippen LogP contribution is -2.36. The number of nitrogens with zero attached hydrogens (tertiary/aromatic N) is 2. The second kappa shape index (κ2) is 12.4. The summed E-state index contributed by atoms with van der Waals surface area (Å²) in [6.45, 7) is 3.45. The molecule has 0 aliphatic heterocycles. The number of carbonyl (C=O) groups excluding carboxylic acids is 1. The van der Waals surface area contributed by atoms with Crippen LogP contribution in [0.4, 0.5) is 5.69 Å². The van der Waals surface area contributed by atoms with Crippen LogP contribution in [0.3, 0.4) is 0 Å². The van der Waals surface area contributed by atoms with E-state index in [1.807, 2.05) is 31.2 Å². The van der Waals surface area contributed by atoms with Crippen LogP contribution in [0.5, 0.6) is 5.75 Å². The van der Waals surface area contributed by atoms with E-state index in [2.05, 4.69) is 5.10 Å². The number of rotatable bonds is 11. The zero-order chi connectivity index (χ0) is 26.1. The minimum atomic E-state index is -4.18. The van der Waals surface area contributed by atoms with Crippen LogP contribution < -0.4 is 14.9 Å². The Kier molecular flexibility index (Phi) is 9.32. The first-order valence-corrected chi connectivity index (χ1v) is 13.1. The molecule has 0 aliphatic carbocycles. The first-order chi connectivity index (χ1) is 17.2. The minimum absolute atomic E-state index is 0.0549. The molecule has 3 aromatic carbocycles. The number of sulfonamides is 1. The van der Waals surface area contributed by atoms with Crippen LogP contribution in [0.25, 0.3) is 0 Å². The molecule has 0 unspecified atom stereocenters. The van der Waals surface area contributed by atoms with Gasteiger partial charge in [-0.1, -0.05) is 48.0 Å². The lowest BCUT2D eigenvalue weighted by Gasteiger charge is -2.25. The quantitative estimate of drug-likeness (QED) is 0.171. The summed E-state index contributed by atoms with van der Waals surface area (Å²) in [4.78, 5) is 12.2. The highest BCUT2D eigenvalue weighted by atomic mass is 35.5. The van der Waals surface area contributed by atoms with E-state index in [-0.39, 0.29) is 22.2 Å². The zero-order valence-electron chi connectivity index (χ0n) is 20.1. The van der Waals surface area contributed by atoms with Crippen LogP contribution in [0.15, 0.2) is 76.7 Å². The molecule has 0 radical (unpaired) electrons. The smallest absolute Gasteiger partial charge is 0.326 e. The molecule has 190 valence electrons. The second-order valence-electron chi connectivity index (χ2n) is 7.87. The van der Waals surface area contributed by atoms with Gasteiger partial charge in [0.05, 0.1) is 30.1 Å². The van der Waals surface area contributed by atoms with Gasteiger partial charge in [-0.3, -0.25) is 9.10 Å². The normalized spacial score (nSPS) is 11.4. The van der Waals surface area contributed by atoms with Crippen molar-refractivity contribution in [2.24, 2.45) is 10.9 Å². The molecule has 0 saturated carbocycles. The Morgan fingerprint density at radius 2 is 1.83 bits per heavy atom. The Balaban J connectivity index is 1.86. The molecule has 3 aromatic rings. The van der Waals surface area contributed by atoms with Gasteiger partial charge in [0.25, 0.3) is 10.0 Å². The third-order valence-corrected chi connectivity index (χ3v) is 7.44. The van der Waals surface area contributed by atoms with E-state index in [1.54, 1.807) is 43.5 Å². The molecule has 0 heterocycles. The van der Waals surface area contributed by atoms with Gasteiger partial charge in [-0.05, 0) is 54.8 Å². The predicted molar refractivity (Wildman–Crippen MR) is 141 cm³/mol. The summed E-state index contributed by atoms with van der Waals surface area (Å²) >= 11 is 6.19. The molecular weight excluding hydrogens is 502 g/mol. The maximum absolute atomic E-state index is 13.6. The number of esters is 1. The monoisotopic (exact) mass is 529 g/mol. The van der Waals surface area contributed by atoms with Gasteiger partial charge in [-0.15, -0.1) is 0 Å². The van der Waals surface area contributed by atoms with Crippen molar-refractivity contribution < 1.29 is 22.7 Å². The summed E-state index contributed by atoms with van der Waals surface area (Å²) in [7, 11) is -4.18. The molecule has 0 amide bonds. The number of nitrogens with two attached hydrogens (primary N) is 1. The number of ether oxygens (including phenoxy) is 2. The number of hydrogen-bond acceptors (Lipinski definition) is 7. The van der Waals surface area contributed by atoms with Crippen LogP contribution >= 0.6 is 11.6 Å². The van der Waals surface area contributed by atoms with Crippen molar-refractivity contribution in [2.45, 2.75) is 25.2 Å². The largest absolute Gasteiger partial charge is 0.493 e. The van der Waals surface area contributed by atoms with Gasteiger partial charge in [0, 0.05) is 12.5 Å². The van der Waals surface area contributed by atoms with Gasteiger partial charge in [0.2, 0.25) is 0 Å². The summed E-state index contributed by atoms with van der Waals surface area (Å²) in [6, 6.07) is 18.9. The zero-order valence-corrected chi connectivity index (χ0v) is 21.6. The van der Waals surface area contributed by atoms with E-state index in [9.17, 15) is 13.2 Å². The van der Waals surface area contributed by atoms with Crippen molar-refractivity contribution in [3.8, 4) is 5.75 Å². The number of carbonyl (C=O) groups is 1. The SMILES string of the molecule is CCOC(=O)CN(c1cc(C)cc(OCCc2ccc(C=NN)cc2)c1)S(=O)(=O)c1ccccc1Cl. The minimum Gasteiger partial charge on any atom is -0.493 e. The molecule has 0 fully saturated rings. The van der Waals surface area contributed by atoms with Gasteiger partial charge in [0.1, 0.15) is 17.2 Å². The summed E-state index contributed by atoms with van der Waals surface area (Å²) in [5.41, 5.74) is 2.98. The molecular formula is C26H28ClN3O5S. The number of aryl methyl sites for hydroxylation is 1. The highest BCUT2D eigenvalue weighted by Crippen LogP contribution is 2.31. The standard InChI is InChI=1S/C26H28ClN3O5S/c1-3-34-26(31)18-30(36(32,33)25-7-5-4-6-24(25)27)22-14-19(2)15-23(16-22)35-13-12-20-8-10-21(11-9-20)17-29-28/h4-11,14-17H,3,12-13,18,28H2,1-2H3. The van der Waals surface area contributed by atoms with Gasteiger partial charge in [-0.25, -0.2) is 8.42 Å². The molecule has 0 bridgehead atoms. The lowest BCUT2D eigenvalue weighted by molar-refractivity contribution is -0.141. The maximum atomic E-state index is 13.6. The fourth-order valence-electron chi connectivity index (χ4n) is 3.51. The van der Waals surface area contributed by atoms with Crippen LogP contribution in [0.2, 0.25) is 5.02 Å². The lowest BCUT2D eigenvalue weighted by atomic mass is 10.1. The van der Waals surface area contributed by atoms with Gasteiger partial charge in [0.15, 0.2) is 0 Å². The molecule has 0 aromatic heterocycles. The van der Waals surface area contributed by atoms with E-state index in [0.717, 1.165) is 21.0 Å². The summed E-state index contributed by atoms with van der Waals surface area (Å²) in [6.07, 6.45) is 2.20. The number of hydrazone groups is 1. The number of benzene rings is 3. The number of hydrogen-bond donors (Lipinski definition) is 1. The van der Waals surface area contributed by atoms with Crippen molar-refractivity contribution in [3.63, 3.8) is 0 Å². The molecule has 8 nitrogen and oxygen atoms in total. The highest BCUT2D eigenvalue weighted by Gasteiger charge is 2.30. The molecule has 3 rings (SSSR count). The van der Waals surface area contributed by atoms with Crippen molar-refractivity contribution >= 4 is 39.5 Å². The Labute approximate surface area is 216 Å². The van der Waals surface area contributed by atoms with Crippen molar-refractivity contribution in [1.82, 2.24) is 0 Å². The Morgan fingerprint density at radius 1 is 1.11 bits per heavy atom. The fourth-order valence-corrected chi connectivity index (χ4v) is 5.40. The van der Waals surface area contributed by atoms with Crippen molar-refractivity contribution in [3.05, 3.63) is 88.4 Å². The summed E-state index contributed by atoms with van der Waals surface area (Å²) in [5.74, 6) is 4.97. The van der Waals surface area contributed by atoms with E-state index < -0.39 is 22.5 Å². The number of halogens is 1. The van der Waals surface area contributed by atoms with Gasteiger partial charge < -0.3 is 15.3 Å². The topological polar surface area (TPSA) is 111 Å². The van der Waals surface area contributed by atoms with E-state index in [1.165, 1.54) is 12.1 Å². The molecule has 36 heavy (non-hydrogen) atoms. The van der Waals surface area contributed by atoms with E-state index in [4.69, 9.17) is 26.9 Å². The molecule has 10 heteroatoms.